The van der Waals surface area contributed by atoms with E-state index in [-0.39, 0.29) is 6.10 Å². The number of pyridine rings is 1. The molecule has 1 aromatic rings. The molecule has 5 nitrogen and oxygen atoms in total. The summed E-state index contributed by atoms with van der Waals surface area (Å²) in [7, 11) is -3.30. The summed E-state index contributed by atoms with van der Waals surface area (Å²) in [6, 6.07) is 1.61. The molecule has 1 heterocycles. The summed E-state index contributed by atoms with van der Waals surface area (Å²) in [6.45, 7) is 5.22. The monoisotopic (exact) mass is 273 g/mol. The second-order valence-corrected chi connectivity index (χ2v) is 7.00. The van der Waals surface area contributed by atoms with E-state index in [0.717, 1.165) is 6.26 Å². The van der Waals surface area contributed by atoms with Crippen LogP contribution in [0.15, 0.2) is 18.5 Å². The van der Waals surface area contributed by atoms with Crippen LogP contribution in [0.3, 0.4) is 0 Å². The summed E-state index contributed by atoms with van der Waals surface area (Å²) in [4.78, 5) is 3.94. The molecule has 0 aliphatic carbocycles. The molecule has 102 valence electrons. The van der Waals surface area contributed by atoms with Gasteiger partial charge < -0.3 is 9.84 Å². The molecule has 0 saturated carbocycles. The Balaban J connectivity index is 2.96. The zero-order chi connectivity index (χ0) is 13.9. The van der Waals surface area contributed by atoms with E-state index in [0.29, 0.717) is 11.3 Å². The third-order valence-electron chi connectivity index (χ3n) is 2.57. The maximum atomic E-state index is 11.4. The van der Waals surface area contributed by atoms with Crippen molar-refractivity contribution >= 4 is 9.84 Å². The van der Waals surface area contributed by atoms with Gasteiger partial charge in [-0.1, -0.05) is 0 Å². The maximum absolute atomic E-state index is 11.4. The highest BCUT2D eigenvalue weighted by Gasteiger charge is 2.25. The lowest BCUT2D eigenvalue weighted by Gasteiger charge is -2.18. The van der Waals surface area contributed by atoms with Crippen molar-refractivity contribution in [3.05, 3.63) is 24.0 Å². The van der Waals surface area contributed by atoms with Crippen molar-refractivity contribution in [2.45, 2.75) is 38.2 Å². The fraction of sp³-hybridized carbons (Fsp3) is 0.583. The maximum Gasteiger partial charge on any atom is 0.152 e. The molecule has 0 bridgehead atoms. The first-order valence-corrected chi connectivity index (χ1v) is 7.66. The summed E-state index contributed by atoms with van der Waals surface area (Å²) in [6.07, 6.45) is 2.96. The summed E-state index contributed by atoms with van der Waals surface area (Å²) < 4.78 is 28.2. The first kappa shape index (κ1) is 14.9. The Morgan fingerprint density at radius 3 is 2.39 bits per heavy atom. The van der Waals surface area contributed by atoms with Crippen LogP contribution in [0.4, 0.5) is 0 Å². The van der Waals surface area contributed by atoms with E-state index >= 15 is 0 Å². The van der Waals surface area contributed by atoms with Crippen molar-refractivity contribution in [2.24, 2.45) is 0 Å². The number of nitrogens with zero attached hydrogens (tertiary/aromatic N) is 1. The van der Waals surface area contributed by atoms with Crippen molar-refractivity contribution in [3.8, 4) is 5.75 Å². The Hall–Kier alpha value is -1.14. The third kappa shape index (κ3) is 3.96. The molecule has 0 aliphatic rings. The minimum absolute atomic E-state index is 0.00785. The lowest BCUT2D eigenvalue weighted by molar-refractivity contribution is 0.174. The second-order valence-electron chi connectivity index (χ2n) is 4.60. The molecule has 0 radical (unpaired) electrons. The van der Waals surface area contributed by atoms with Crippen LogP contribution in [0.1, 0.15) is 32.4 Å². The SMILES string of the molecule is CC(C)Oc1cncc(C(O)C(C)S(C)(=O)=O)c1. The van der Waals surface area contributed by atoms with E-state index in [9.17, 15) is 13.5 Å². The van der Waals surface area contributed by atoms with E-state index in [1.807, 2.05) is 13.8 Å². The number of ether oxygens (including phenoxy) is 1. The topological polar surface area (TPSA) is 76.5 Å². The second kappa shape index (κ2) is 5.67. The zero-order valence-electron chi connectivity index (χ0n) is 11.0. The van der Waals surface area contributed by atoms with Gasteiger partial charge in [-0.25, -0.2) is 8.42 Å². The zero-order valence-corrected chi connectivity index (χ0v) is 11.8. The third-order valence-corrected chi connectivity index (χ3v) is 4.18. The molecule has 1 N–H and O–H groups in total. The van der Waals surface area contributed by atoms with E-state index in [1.54, 1.807) is 6.07 Å². The Bertz CT molecular complexity index is 499. The molecule has 0 amide bonds. The molecule has 1 aromatic heterocycles. The highest BCUT2D eigenvalue weighted by Crippen LogP contribution is 2.24. The Kier molecular flexibility index (Phi) is 4.70. The van der Waals surface area contributed by atoms with Gasteiger partial charge in [-0.2, -0.15) is 0 Å². The number of hydrogen-bond donors (Lipinski definition) is 1. The molecule has 18 heavy (non-hydrogen) atoms. The number of rotatable bonds is 5. The molecular formula is C12H19NO4S. The molecule has 2 atom stereocenters. The molecule has 0 aromatic carbocycles. The van der Waals surface area contributed by atoms with Gasteiger partial charge in [0.25, 0.3) is 0 Å². The van der Waals surface area contributed by atoms with Crippen LogP contribution >= 0.6 is 0 Å². The van der Waals surface area contributed by atoms with Gasteiger partial charge in [-0.05, 0) is 26.8 Å². The number of hydrogen-bond acceptors (Lipinski definition) is 5. The lowest BCUT2D eigenvalue weighted by Crippen LogP contribution is -2.24. The van der Waals surface area contributed by atoms with Crippen LogP contribution in [-0.4, -0.2) is 36.1 Å². The predicted molar refractivity (Wildman–Crippen MR) is 69.3 cm³/mol. The fourth-order valence-electron chi connectivity index (χ4n) is 1.44. The smallest absolute Gasteiger partial charge is 0.152 e. The molecule has 6 heteroatoms. The normalized spacial score (nSPS) is 15.4. The first-order chi connectivity index (χ1) is 8.21. The van der Waals surface area contributed by atoms with E-state index < -0.39 is 21.2 Å². The van der Waals surface area contributed by atoms with E-state index in [1.165, 1.54) is 19.3 Å². The molecule has 1 rings (SSSR count). The minimum atomic E-state index is -3.30. The minimum Gasteiger partial charge on any atom is -0.489 e. The first-order valence-electron chi connectivity index (χ1n) is 5.70. The largest absolute Gasteiger partial charge is 0.489 e. The van der Waals surface area contributed by atoms with Gasteiger partial charge in [-0.3, -0.25) is 4.98 Å². The summed E-state index contributed by atoms with van der Waals surface area (Å²) in [5.41, 5.74) is 0.436. The van der Waals surface area contributed by atoms with Gasteiger partial charge in [-0.15, -0.1) is 0 Å². The number of aliphatic hydroxyl groups is 1. The quantitative estimate of drug-likeness (QED) is 0.876. The van der Waals surface area contributed by atoms with E-state index in [2.05, 4.69) is 4.98 Å². The van der Waals surface area contributed by atoms with Gasteiger partial charge in [0.1, 0.15) is 5.75 Å². The highest BCUT2D eigenvalue weighted by molar-refractivity contribution is 7.91. The highest BCUT2D eigenvalue weighted by atomic mass is 32.2. The summed E-state index contributed by atoms with van der Waals surface area (Å²) in [5, 5.41) is 9.13. The van der Waals surface area contributed by atoms with Crippen molar-refractivity contribution in [1.29, 1.82) is 0 Å². The van der Waals surface area contributed by atoms with Crippen LogP contribution in [0.2, 0.25) is 0 Å². The molecule has 0 aliphatic heterocycles. The number of aliphatic hydroxyl groups excluding tert-OH is 1. The van der Waals surface area contributed by atoms with Gasteiger partial charge in [0, 0.05) is 18.0 Å². The van der Waals surface area contributed by atoms with Crippen LogP contribution in [0.5, 0.6) is 5.75 Å². The molecular weight excluding hydrogens is 254 g/mol. The average molecular weight is 273 g/mol. The van der Waals surface area contributed by atoms with Crippen LogP contribution in [-0.2, 0) is 9.84 Å². The lowest BCUT2D eigenvalue weighted by atomic mass is 10.1. The molecule has 0 fully saturated rings. The van der Waals surface area contributed by atoms with Crippen molar-refractivity contribution in [1.82, 2.24) is 4.98 Å². The fourth-order valence-corrected chi connectivity index (χ4v) is 2.06. The molecule has 2 unspecified atom stereocenters. The van der Waals surface area contributed by atoms with Gasteiger partial charge in [0.15, 0.2) is 9.84 Å². The van der Waals surface area contributed by atoms with Gasteiger partial charge >= 0.3 is 0 Å². The summed E-state index contributed by atoms with van der Waals surface area (Å²) >= 11 is 0. The van der Waals surface area contributed by atoms with Crippen molar-refractivity contribution in [3.63, 3.8) is 0 Å². The Labute approximate surface area is 108 Å². The summed E-state index contributed by atoms with van der Waals surface area (Å²) in [5.74, 6) is 0.516. The Morgan fingerprint density at radius 2 is 1.89 bits per heavy atom. The van der Waals surface area contributed by atoms with Crippen LogP contribution in [0, 0.1) is 0 Å². The van der Waals surface area contributed by atoms with Crippen molar-refractivity contribution in [2.75, 3.05) is 6.26 Å². The van der Waals surface area contributed by atoms with Gasteiger partial charge in [0.05, 0.1) is 23.7 Å². The molecule has 0 spiro atoms. The predicted octanol–water partition coefficient (Wildman–Crippen LogP) is 1.34. The molecule has 0 saturated heterocycles. The Morgan fingerprint density at radius 1 is 1.28 bits per heavy atom. The van der Waals surface area contributed by atoms with Crippen LogP contribution < -0.4 is 4.74 Å². The van der Waals surface area contributed by atoms with Gasteiger partial charge in [0.2, 0.25) is 0 Å². The van der Waals surface area contributed by atoms with Crippen LogP contribution in [0.25, 0.3) is 0 Å². The number of aromatic nitrogens is 1. The number of sulfone groups is 1. The average Bonchev–Trinajstić information content (AvgIpc) is 2.25. The standard InChI is InChI=1S/C12H19NO4S/c1-8(2)17-11-5-10(6-13-7-11)12(14)9(3)18(4,15)16/h5-9,12,14H,1-4H3. The van der Waals surface area contributed by atoms with E-state index in [4.69, 9.17) is 4.74 Å². The van der Waals surface area contributed by atoms with Crippen molar-refractivity contribution < 1.29 is 18.3 Å².